The van der Waals surface area contributed by atoms with E-state index in [2.05, 4.69) is 20.9 Å². The fourth-order valence-corrected chi connectivity index (χ4v) is 3.80. The number of nitrogens with zero attached hydrogens (tertiary/aromatic N) is 3. The number of benzene rings is 1. The molecule has 0 fully saturated rings. The summed E-state index contributed by atoms with van der Waals surface area (Å²) < 4.78 is 20.2. The van der Waals surface area contributed by atoms with Gasteiger partial charge in [-0.3, -0.25) is 4.79 Å². The Kier molecular flexibility index (Phi) is 7.24. The van der Waals surface area contributed by atoms with Crippen molar-refractivity contribution in [2.45, 2.75) is 38.8 Å². The second kappa shape index (κ2) is 9.90. The summed E-state index contributed by atoms with van der Waals surface area (Å²) in [5.41, 5.74) is 1.84. The van der Waals surface area contributed by atoms with Crippen molar-refractivity contribution in [3.63, 3.8) is 0 Å². The standard InChI is InChI=1S/C22H26FN5O3S/c1-22(2,3)31-21(30)24-11-17(9-14-5-7-16(23)8-6-14)26-20(29)19-10-15(13-32-19)18-12-25-27-28(18)4/h5-8,10,12-13,17H,9,11H2,1-4H3,(H,24,30)(H,26,29)/t17-/m0/s1. The highest BCUT2D eigenvalue weighted by Crippen LogP contribution is 2.24. The maximum Gasteiger partial charge on any atom is 0.407 e. The van der Waals surface area contributed by atoms with Gasteiger partial charge < -0.3 is 15.4 Å². The number of amides is 2. The van der Waals surface area contributed by atoms with Crippen LogP contribution < -0.4 is 10.6 Å². The van der Waals surface area contributed by atoms with E-state index in [0.717, 1.165) is 16.8 Å². The second-order valence-corrected chi connectivity index (χ2v) is 9.24. The van der Waals surface area contributed by atoms with Gasteiger partial charge in [0, 0.05) is 24.5 Å². The molecule has 10 heteroatoms. The monoisotopic (exact) mass is 459 g/mol. The fraction of sp³-hybridized carbons (Fsp3) is 0.364. The Labute approximate surface area is 189 Å². The summed E-state index contributed by atoms with van der Waals surface area (Å²) in [6.45, 7) is 5.48. The van der Waals surface area contributed by atoms with Crippen molar-refractivity contribution in [1.29, 1.82) is 0 Å². The molecule has 32 heavy (non-hydrogen) atoms. The molecule has 2 aromatic heterocycles. The molecule has 0 saturated heterocycles. The third-order valence-corrected chi connectivity index (χ3v) is 5.38. The van der Waals surface area contributed by atoms with Gasteiger partial charge in [0.25, 0.3) is 5.91 Å². The Bertz CT molecular complexity index is 1070. The third kappa shape index (κ3) is 6.61. The number of ether oxygens (including phenoxy) is 1. The lowest BCUT2D eigenvalue weighted by Gasteiger charge is -2.22. The molecule has 1 aromatic carbocycles. The zero-order valence-corrected chi connectivity index (χ0v) is 19.2. The summed E-state index contributed by atoms with van der Waals surface area (Å²) in [5, 5.41) is 15.3. The van der Waals surface area contributed by atoms with Crippen LogP contribution in [0.15, 0.2) is 41.9 Å². The van der Waals surface area contributed by atoms with Gasteiger partial charge in [0.2, 0.25) is 0 Å². The average Bonchev–Trinajstić information content (AvgIpc) is 3.35. The molecule has 8 nitrogen and oxygen atoms in total. The zero-order valence-electron chi connectivity index (χ0n) is 18.4. The van der Waals surface area contributed by atoms with Crippen molar-refractivity contribution >= 4 is 23.3 Å². The van der Waals surface area contributed by atoms with Gasteiger partial charge in [0.15, 0.2) is 0 Å². The fourth-order valence-electron chi connectivity index (χ4n) is 3.00. The minimum atomic E-state index is -0.631. The highest BCUT2D eigenvalue weighted by molar-refractivity contribution is 7.12. The quantitative estimate of drug-likeness (QED) is 0.563. The largest absolute Gasteiger partial charge is 0.444 e. The lowest BCUT2D eigenvalue weighted by molar-refractivity contribution is 0.0520. The molecule has 0 saturated carbocycles. The van der Waals surface area contributed by atoms with Gasteiger partial charge in [0.1, 0.15) is 11.4 Å². The Morgan fingerprint density at radius 2 is 1.97 bits per heavy atom. The summed E-state index contributed by atoms with van der Waals surface area (Å²) >= 11 is 1.30. The molecule has 0 radical (unpaired) electrons. The van der Waals surface area contributed by atoms with Crippen LogP contribution >= 0.6 is 11.3 Å². The molecule has 0 bridgehead atoms. The summed E-state index contributed by atoms with van der Waals surface area (Å²) in [4.78, 5) is 25.5. The number of hydrogen-bond acceptors (Lipinski definition) is 6. The van der Waals surface area contributed by atoms with Gasteiger partial charge in [-0.2, -0.15) is 0 Å². The van der Waals surface area contributed by atoms with E-state index in [-0.39, 0.29) is 18.3 Å². The molecule has 3 aromatic rings. The van der Waals surface area contributed by atoms with E-state index in [9.17, 15) is 14.0 Å². The van der Waals surface area contributed by atoms with Crippen molar-refractivity contribution < 1.29 is 18.7 Å². The lowest BCUT2D eigenvalue weighted by Crippen LogP contribution is -2.46. The predicted molar refractivity (Wildman–Crippen MR) is 120 cm³/mol. The van der Waals surface area contributed by atoms with Crippen LogP contribution in [0.3, 0.4) is 0 Å². The van der Waals surface area contributed by atoms with Gasteiger partial charge in [-0.05, 0) is 51.0 Å². The zero-order chi connectivity index (χ0) is 23.3. The first-order valence-electron chi connectivity index (χ1n) is 10.1. The number of alkyl carbamates (subject to hydrolysis) is 1. The molecule has 0 spiro atoms. The van der Waals surface area contributed by atoms with Crippen LogP contribution in [0, 0.1) is 5.82 Å². The summed E-state index contributed by atoms with van der Waals surface area (Å²) in [7, 11) is 1.78. The van der Waals surface area contributed by atoms with E-state index in [1.165, 1.54) is 23.5 Å². The summed E-state index contributed by atoms with van der Waals surface area (Å²) in [6, 6.07) is 7.38. The minimum Gasteiger partial charge on any atom is -0.444 e. The Morgan fingerprint density at radius 3 is 2.59 bits per heavy atom. The summed E-state index contributed by atoms with van der Waals surface area (Å²) in [5.74, 6) is -0.605. The number of halogens is 1. The highest BCUT2D eigenvalue weighted by atomic mass is 32.1. The first-order chi connectivity index (χ1) is 15.1. The molecule has 1 atom stereocenters. The molecule has 3 rings (SSSR count). The number of rotatable bonds is 7. The van der Waals surface area contributed by atoms with Crippen molar-refractivity contribution in [2.24, 2.45) is 7.05 Å². The van der Waals surface area contributed by atoms with Crippen LogP contribution in [0.2, 0.25) is 0 Å². The SMILES string of the molecule is Cn1nncc1-c1csc(C(=O)N[C@H](CNC(=O)OC(C)(C)C)Cc2ccc(F)cc2)c1. The molecule has 2 heterocycles. The molecule has 0 aliphatic heterocycles. The van der Waals surface area contributed by atoms with E-state index in [0.29, 0.717) is 11.3 Å². The van der Waals surface area contributed by atoms with Crippen LogP contribution in [0.1, 0.15) is 36.0 Å². The first-order valence-corrected chi connectivity index (χ1v) is 10.9. The van der Waals surface area contributed by atoms with Crippen molar-refractivity contribution in [1.82, 2.24) is 25.6 Å². The van der Waals surface area contributed by atoms with Gasteiger partial charge in [0.05, 0.1) is 22.8 Å². The number of carbonyl (C=O) groups is 2. The van der Waals surface area contributed by atoms with E-state index in [1.807, 2.05) is 5.38 Å². The van der Waals surface area contributed by atoms with E-state index >= 15 is 0 Å². The molecule has 2 amide bonds. The number of aromatic nitrogens is 3. The van der Waals surface area contributed by atoms with Crippen LogP contribution in [0.5, 0.6) is 0 Å². The van der Waals surface area contributed by atoms with Crippen LogP contribution in [0.4, 0.5) is 9.18 Å². The van der Waals surface area contributed by atoms with E-state index < -0.39 is 17.7 Å². The van der Waals surface area contributed by atoms with Gasteiger partial charge in [-0.1, -0.05) is 17.3 Å². The van der Waals surface area contributed by atoms with E-state index in [4.69, 9.17) is 4.74 Å². The Balaban J connectivity index is 1.70. The molecule has 0 unspecified atom stereocenters. The maximum atomic E-state index is 13.3. The third-order valence-electron chi connectivity index (χ3n) is 4.46. The van der Waals surface area contributed by atoms with Gasteiger partial charge >= 0.3 is 6.09 Å². The number of carbonyl (C=O) groups excluding carboxylic acids is 2. The normalized spacial score (nSPS) is 12.3. The Hall–Kier alpha value is -3.27. The van der Waals surface area contributed by atoms with E-state index in [1.54, 1.807) is 56.9 Å². The van der Waals surface area contributed by atoms with Crippen molar-refractivity contribution in [2.75, 3.05) is 6.54 Å². The molecular formula is C22H26FN5O3S. The average molecular weight is 460 g/mol. The first kappa shape index (κ1) is 23.4. The van der Waals surface area contributed by atoms with Crippen LogP contribution in [-0.2, 0) is 18.2 Å². The van der Waals surface area contributed by atoms with Crippen molar-refractivity contribution in [3.8, 4) is 11.3 Å². The maximum absolute atomic E-state index is 13.3. The van der Waals surface area contributed by atoms with Gasteiger partial charge in [-0.15, -0.1) is 16.4 Å². The predicted octanol–water partition coefficient (Wildman–Crippen LogP) is 3.55. The van der Waals surface area contributed by atoms with Crippen LogP contribution in [-0.4, -0.2) is 45.2 Å². The molecule has 170 valence electrons. The molecule has 0 aliphatic rings. The lowest BCUT2D eigenvalue weighted by atomic mass is 10.1. The smallest absolute Gasteiger partial charge is 0.407 e. The molecule has 0 aliphatic carbocycles. The minimum absolute atomic E-state index is 0.155. The van der Waals surface area contributed by atoms with Crippen LogP contribution in [0.25, 0.3) is 11.3 Å². The number of hydrogen-bond donors (Lipinski definition) is 2. The molecule has 2 N–H and O–H groups in total. The van der Waals surface area contributed by atoms with Crippen molar-refractivity contribution in [3.05, 3.63) is 58.2 Å². The number of nitrogens with one attached hydrogen (secondary N) is 2. The Morgan fingerprint density at radius 1 is 1.25 bits per heavy atom. The topological polar surface area (TPSA) is 98.1 Å². The second-order valence-electron chi connectivity index (χ2n) is 8.33. The number of thiophene rings is 1. The highest BCUT2D eigenvalue weighted by Gasteiger charge is 2.20. The van der Waals surface area contributed by atoms with Gasteiger partial charge in [-0.25, -0.2) is 13.9 Å². The molecular weight excluding hydrogens is 433 g/mol. The summed E-state index contributed by atoms with van der Waals surface area (Å²) in [6.07, 6.45) is 1.47. The number of aryl methyl sites for hydroxylation is 1.